The second-order valence-electron chi connectivity index (χ2n) is 13.0. The molecule has 0 saturated carbocycles. The standard InChI is InChI=1S/C35H43F3N4O4/c1-18(2)10-28(42-15-24(23(7)39-35(42)46)8-9-41-16-25(36)17-41)34(45)40-27(14-29(43)44)31-32(37)22(6)13-26(33(31)38)30-20(4)11-19(3)12-21(30)5/h11-13,15,18,25,27-28H,8-10,14,16-17H2,1-7H3,(H,40,45)(H,43,44)/t27-,28-/m0/s1. The number of halogens is 3. The monoisotopic (exact) mass is 640 g/mol. The molecule has 1 amide bonds. The Balaban J connectivity index is 1.76. The van der Waals surface area contributed by atoms with Crippen LogP contribution in [-0.2, 0) is 16.0 Å². The van der Waals surface area contributed by atoms with E-state index in [1.807, 2.05) is 51.7 Å². The number of carboxylic acids is 1. The van der Waals surface area contributed by atoms with Crippen molar-refractivity contribution in [1.29, 1.82) is 0 Å². The molecule has 248 valence electrons. The number of alkyl halides is 1. The van der Waals surface area contributed by atoms with Gasteiger partial charge in [0.1, 0.15) is 23.8 Å². The Labute approximate surface area is 267 Å². The maximum absolute atomic E-state index is 16.4. The van der Waals surface area contributed by atoms with Crippen molar-refractivity contribution in [3.8, 4) is 11.1 Å². The van der Waals surface area contributed by atoms with Gasteiger partial charge in [0.25, 0.3) is 0 Å². The summed E-state index contributed by atoms with van der Waals surface area (Å²) in [6.45, 7) is 13.7. The van der Waals surface area contributed by atoms with E-state index in [-0.39, 0.29) is 23.5 Å². The number of hydrogen-bond donors (Lipinski definition) is 2. The molecule has 11 heteroatoms. The molecule has 0 bridgehead atoms. The summed E-state index contributed by atoms with van der Waals surface area (Å²) in [5, 5.41) is 12.4. The van der Waals surface area contributed by atoms with Crippen molar-refractivity contribution >= 4 is 11.9 Å². The second kappa shape index (κ2) is 14.2. The first kappa shape index (κ1) is 34.9. The van der Waals surface area contributed by atoms with E-state index in [1.54, 1.807) is 13.1 Å². The highest BCUT2D eigenvalue weighted by atomic mass is 19.1. The molecule has 1 saturated heterocycles. The van der Waals surface area contributed by atoms with Gasteiger partial charge in [0.2, 0.25) is 5.91 Å². The lowest BCUT2D eigenvalue weighted by Crippen LogP contribution is -2.49. The zero-order valence-electron chi connectivity index (χ0n) is 27.5. The fourth-order valence-electron chi connectivity index (χ4n) is 6.38. The minimum atomic E-state index is -1.57. The third kappa shape index (κ3) is 7.68. The summed E-state index contributed by atoms with van der Waals surface area (Å²) in [7, 11) is 0. The van der Waals surface area contributed by atoms with Crippen molar-refractivity contribution in [2.45, 2.75) is 86.0 Å². The van der Waals surface area contributed by atoms with E-state index in [2.05, 4.69) is 10.3 Å². The molecule has 3 aromatic rings. The average Bonchev–Trinajstić information content (AvgIpc) is 2.92. The molecule has 0 radical (unpaired) electrons. The number of aliphatic carboxylic acids is 1. The Morgan fingerprint density at radius 1 is 1.02 bits per heavy atom. The molecule has 1 fully saturated rings. The Bertz CT molecular complexity index is 1670. The molecule has 0 aliphatic carbocycles. The third-order valence-electron chi connectivity index (χ3n) is 8.59. The minimum absolute atomic E-state index is 0.0839. The summed E-state index contributed by atoms with van der Waals surface area (Å²) in [6.07, 6.45) is 0.571. The molecule has 4 rings (SSSR count). The van der Waals surface area contributed by atoms with Gasteiger partial charge >= 0.3 is 11.7 Å². The largest absolute Gasteiger partial charge is 0.481 e. The van der Waals surface area contributed by atoms with Gasteiger partial charge in [0, 0.05) is 42.7 Å². The fourth-order valence-corrected chi connectivity index (χ4v) is 6.38. The van der Waals surface area contributed by atoms with Crippen molar-refractivity contribution < 1.29 is 27.9 Å². The Kier molecular flexibility index (Phi) is 10.8. The normalized spacial score (nSPS) is 15.1. The summed E-state index contributed by atoms with van der Waals surface area (Å²) in [6, 6.07) is 2.46. The predicted octanol–water partition coefficient (Wildman–Crippen LogP) is 5.85. The van der Waals surface area contributed by atoms with E-state index in [9.17, 15) is 23.9 Å². The molecule has 0 unspecified atom stereocenters. The first-order chi connectivity index (χ1) is 21.6. The molecule has 2 heterocycles. The number of benzene rings is 2. The van der Waals surface area contributed by atoms with Crippen molar-refractivity contribution in [1.82, 2.24) is 19.8 Å². The van der Waals surface area contributed by atoms with E-state index in [0.29, 0.717) is 42.9 Å². The zero-order chi connectivity index (χ0) is 34.0. The van der Waals surface area contributed by atoms with Crippen molar-refractivity contribution in [2.75, 3.05) is 19.6 Å². The number of hydrogen-bond acceptors (Lipinski definition) is 5. The Morgan fingerprint density at radius 2 is 1.65 bits per heavy atom. The van der Waals surface area contributed by atoms with Gasteiger partial charge in [-0.2, -0.15) is 4.98 Å². The van der Waals surface area contributed by atoms with Crippen LogP contribution < -0.4 is 11.0 Å². The molecule has 2 N–H and O–H groups in total. The number of nitrogens with one attached hydrogen (secondary N) is 1. The summed E-state index contributed by atoms with van der Waals surface area (Å²) in [5.74, 6) is -4.12. The van der Waals surface area contributed by atoms with Gasteiger partial charge in [0.15, 0.2) is 0 Å². The van der Waals surface area contributed by atoms with E-state index in [4.69, 9.17) is 0 Å². The van der Waals surface area contributed by atoms with Crippen LogP contribution in [-0.4, -0.2) is 57.2 Å². The molecule has 8 nitrogen and oxygen atoms in total. The van der Waals surface area contributed by atoms with Gasteiger partial charge in [0.05, 0.1) is 12.5 Å². The molecular formula is C35H43F3N4O4. The van der Waals surface area contributed by atoms with Crippen LogP contribution in [0.15, 0.2) is 29.2 Å². The molecule has 46 heavy (non-hydrogen) atoms. The molecule has 1 aliphatic heterocycles. The van der Waals surface area contributed by atoms with Crippen LogP contribution in [0.4, 0.5) is 13.2 Å². The van der Waals surface area contributed by atoms with Crippen LogP contribution in [0.5, 0.6) is 0 Å². The topological polar surface area (TPSA) is 105 Å². The maximum Gasteiger partial charge on any atom is 0.348 e. The third-order valence-corrected chi connectivity index (χ3v) is 8.59. The number of nitrogens with zero attached hydrogens (tertiary/aromatic N) is 3. The summed E-state index contributed by atoms with van der Waals surface area (Å²) in [5.41, 5.74) is 3.25. The van der Waals surface area contributed by atoms with Crippen LogP contribution in [0.2, 0.25) is 0 Å². The highest BCUT2D eigenvalue weighted by Gasteiger charge is 2.33. The fraction of sp³-hybridized carbons (Fsp3) is 0.486. The summed E-state index contributed by atoms with van der Waals surface area (Å²) in [4.78, 5) is 45.2. The SMILES string of the molecule is Cc1cc(C)c(-c2cc(C)c(F)c([C@H](CC(=O)O)NC(=O)[C@H](CC(C)C)n3cc(CCN4CC(F)C4)c(C)nc3=O)c2F)c(C)c1. The first-order valence-corrected chi connectivity index (χ1v) is 15.6. The molecule has 2 aromatic carbocycles. The number of carbonyl (C=O) groups is 2. The highest BCUT2D eigenvalue weighted by Crippen LogP contribution is 2.37. The Morgan fingerprint density at radius 3 is 2.22 bits per heavy atom. The molecule has 0 spiro atoms. The van der Waals surface area contributed by atoms with Crippen LogP contribution >= 0.6 is 0 Å². The van der Waals surface area contributed by atoms with Crippen molar-refractivity contribution in [3.63, 3.8) is 0 Å². The summed E-state index contributed by atoms with van der Waals surface area (Å²) >= 11 is 0. The molecule has 1 aliphatic rings. The highest BCUT2D eigenvalue weighted by molar-refractivity contribution is 5.82. The van der Waals surface area contributed by atoms with Crippen LogP contribution in [0.3, 0.4) is 0 Å². The van der Waals surface area contributed by atoms with Gasteiger partial charge < -0.3 is 10.4 Å². The van der Waals surface area contributed by atoms with Crippen LogP contribution in [0, 0.1) is 52.2 Å². The van der Waals surface area contributed by atoms with Gasteiger partial charge in [-0.05, 0) is 87.3 Å². The lowest BCUT2D eigenvalue weighted by atomic mass is 9.88. The van der Waals surface area contributed by atoms with E-state index >= 15 is 8.78 Å². The van der Waals surface area contributed by atoms with Crippen LogP contribution in [0.1, 0.15) is 77.8 Å². The average molecular weight is 641 g/mol. The number of aromatic nitrogens is 2. The smallest absolute Gasteiger partial charge is 0.348 e. The van der Waals surface area contributed by atoms with Gasteiger partial charge in [-0.25, -0.2) is 18.0 Å². The second-order valence-corrected chi connectivity index (χ2v) is 13.0. The lowest BCUT2D eigenvalue weighted by molar-refractivity contribution is -0.138. The summed E-state index contributed by atoms with van der Waals surface area (Å²) < 4.78 is 46.8. The van der Waals surface area contributed by atoms with E-state index in [1.165, 1.54) is 17.6 Å². The van der Waals surface area contributed by atoms with Crippen molar-refractivity contribution in [3.05, 3.63) is 85.6 Å². The van der Waals surface area contributed by atoms with Gasteiger partial charge in [-0.1, -0.05) is 31.5 Å². The van der Waals surface area contributed by atoms with Gasteiger partial charge in [-0.15, -0.1) is 0 Å². The Hall–Kier alpha value is -3.99. The molecule has 1 aromatic heterocycles. The first-order valence-electron chi connectivity index (χ1n) is 15.6. The van der Waals surface area contributed by atoms with Crippen molar-refractivity contribution in [2.24, 2.45) is 5.92 Å². The molecular weight excluding hydrogens is 597 g/mol. The van der Waals surface area contributed by atoms with Crippen LogP contribution in [0.25, 0.3) is 11.1 Å². The number of aryl methyl sites for hydroxylation is 5. The predicted molar refractivity (Wildman–Crippen MR) is 171 cm³/mol. The number of likely N-dealkylation sites (tertiary alicyclic amines) is 1. The van der Waals surface area contributed by atoms with Gasteiger partial charge in [-0.3, -0.25) is 19.1 Å². The number of carbonyl (C=O) groups excluding carboxylic acids is 1. The maximum atomic E-state index is 16.4. The number of rotatable bonds is 12. The van der Waals surface area contributed by atoms with E-state index in [0.717, 1.165) is 16.7 Å². The minimum Gasteiger partial charge on any atom is -0.481 e. The van der Waals surface area contributed by atoms with E-state index < -0.39 is 59.4 Å². The lowest BCUT2D eigenvalue weighted by Gasteiger charge is -2.34. The molecule has 2 atom stereocenters. The number of carboxylic acid groups (broad SMARTS) is 1. The number of amides is 1. The quantitative estimate of drug-likeness (QED) is 0.258. The zero-order valence-corrected chi connectivity index (χ0v) is 27.5.